The highest BCUT2D eigenvalue weighted by atomic mass is 35.5. The Morgan fingerprint density at radius 2 is 2.19 bits per heavy atom. The van der Waals surface area contributed by atoms with Crippen molar-refractivity contribution in [3.05, 3.63) is 23.2 Å². The van der Waals surface area contributed by atoms with Crippen LogP contribution in [0.15, 0.2) is 18.2 Å². The van der Waals surface area contributed by atoms with Gasteiger partial charge in [0.05, 0.1) is 15.9 Å². The lowest BCUT2D eigenvalue weighted by atomic mass is 10.2. The molecule has 1 heterocycles. The number of carboxylic acid groups (broad SMARTS) is 1. The summed E-state index contributed by atoms with van der Waals surface area (Å²) in [7, 11) is 3.58. The second-order valence-corrected chi connectivity index (χ2v) is 3.95. The highest BCUT2D eigenvalue weighted by molar-refractivity contribution is 6.36. The Morgan fingerprint density at radius 3 is 2.75 bits per heavy atom. The first-order valence-electron chi connectivity index (χ1n) is 4.60. The Bertz CT molecular complexity index is 562. The summed E-state index contributed by atoms with van der Waals surface area (Å²) in [5.74, 6) is 0.544. The Morgan fingerprint density at radius 1 is 1.50 bits per heavy atom. The minimum Gasteiger partial charge on any atom is -0.463 e. The second kappa shape index (κ2) is 3.68. The summed E-state index contributed by atoms with van der Waals surface area (Å²) < 4.78 is 0.927. The number of benzene rings is 1. The zero-order valence-electron chi connectivity index (χ0n) is 8.81. The van der Waals surface area contributed by atoms with Crippen LogP contribution in [-0.2, 0) is 0 Å². The molecule has 0 spiro atoms. The average molecular weight is 240 g/mol. The Labute approximate surface area is 96.8 Å². The molecular weight excluding hydrogens is 230 g/mol. The third-order valence-electron chi connectivity index (χ3n) is 2.24. The number of nitrogens with zero attached hydrogens (tertiary/aromatic N) is 3. The van der Waals surface area contributed by atoms with Crippen LogP contribution in [-0.4, -0.2) is 35.1 Å². The van der Waals surface area contributed by atoms with Crippen molar-refractivity contribution in [3.63, 3.8) is 0 Å². The standard InChI is InChI=1S/C10H10ClN3O2/c1-13(2)9-8-6(11)4-3-5-7(8)14(12-9)10(15)16/h3-5H,1-2H3,(H,15,16). The maximum absolute atomic E-state index is 11.0. The molecule has 0 bridgehead atoms. The summed E-state index contributed by atoms with van der Waals surface area (Å²) in [4.78, 5) is 12.7. The number of hydrogen-bond donors (Lipinski definition) is 1. The zero-order chi connectivity index (χ0) is 11.9. The molecule has 0 unspecified atom stereocenters. The molecular formula is C10H10ClN3O2. The third kappa shape index (κ3) is 1.49. The minimum absolute atomic E-state index is 0.490. The van der Waals surface area contributed by atoms with E-state index >= 15 is 0 Å². The summed E-state index contributed by atoms with van der Waals surface area (Å²) in [6.45, 7) is 0. The van der Waals surface area contributed by atoms with Gasteiger partial charge in [-0.15, -0.1) is 5.10 Å². The SMILES string of the molecule is CN(C)c1nn(C(=O)O)c2cccc(Cl)c12. The number of rotatable bonds is 1. The molecule has 0 aliphatic heterocycles. The van der Waals surface area contributed by atoms with Crippen LogP contribution in [0.3, 0.4) is 0 Å². The lowest BCUT2D eigenvalue weighted by Gasteiger charge is -2.08. The Kier molecular flexibility index (Phi) is 2.47. The second-order valence-electron chi connectivity index (χ2n) is 3.55. The van der Waals surface area contributed by atoms with E-state index in [1.807, 2.05) is 0 Å². The lowest BCUT2D eigenvalue weighted by molar-refractivity contribution is 0.194. The van der Waals surface area contributed by atoms with E-state index in [9.17, 15) is 4.79 Å². The van der Waals surface area contributed by atoms with Crippen LogP contribution >= 0.6 is 11.6 Å². The molecule has 1 N–H and O–H groups in total. The Hall–Kier alpha value is -1.75. The van der Waals surface area contributed by atoms with Crippen LogP contribution in [0.4, 0.5) is 10.6 Å². The van der Waals surface area contributed by atoms with Gasteiger partial charge in [0.25, 0.3) is 0 Å². The van der Waals surface area contributed by atoms with Crippen LogP contribution in [0.5, 0.6) is 0 Å². The smallest absolute Gasteiger partial charge is 0.432 e. The van der Waals surface area contributed by atoms with E-state index in [0.29, 0.717) is 21.7 Å². The first-order valence-corrected chi connectivity index (χ1v) is 4.98. The molecule has 1 aromatic heterocycles. The molecule has 0 amide bonds. The maximum Gasteiger partial charge on any atom is 0.432 e. The van der Waals surface area contributed by atoms with Gasteiger partial charge in [0, 0.05) is 14.1 Å². The monoisotopic (exact) mass is 239 g/mol. The topological polar surface area (TPSA) is 58.4 Å². The van der Waals surface area contributed by atoms with Crippen LogP contribution in [0, 0.1) is 0 Å². The summed E-state index contributed by atoms with van der Waals surface area (Å²) >= 11 is 6.05. The molecule has 1 aromatic carbocycles. The van der Waals surface area contributed by atoms with Crippen LogP contribution in [0.1, 0.15) is 0 Å². The van der Waals surface area contributed by atoms with E-state index in [4.69, 9.17) is 16.7 Å². The minimum atomic E-state index is -1.12. The summed E-state index contributed by atoms with van der Waals surface area (Å²) in [6, 6.07) is 5.09. The van der Waals surface area contributed by atoms with Gasteiger partial charge < -0.3 is 10.0 Å². The number of aromatic nitrogens is 2. The van der Waals surface area contributed by atoms with Crippen molar-refractivity contribution in [2.24, 2.45) is 0 Å². The molecule has 0 atom stereocenters. The highest BCUT2D eigenvalue weighted by Gasteiger charge is 2.17. The maximum atomic E-state index is 11.0. The predicted octanol–water partition coefficient (Wildman–Crippen LogP) is 2.28. The highest BCUT2D eigenvalue weighted by Crippen LogP contribution is 2.31. The van der Waals surface area contributed by atoms with Crippen LogP contribution in [0.25, 0.3) is 10.9 Å². The Balaban J connectivity index is 2.87. The average Bonchev–Trinajstić information content (AvgIpc) is 2.58. The third-order valence-corrected chi connectivity index (χ3v) is 2.56. The molecule has 0 aliphatic carbocycles. The summed E-state index contributed by atoms with van der Waals surface area (Å²) in [5, 5.41) is 14.2. The quantitative estimate of drug-likeness (QED) is 0.830. The lowest BCUT2D eigenvalue weighted by Crippen LogP contribution is -2.13. The molecule has 0 saturated heterocycles. The largest absolute Gasteiger partial charge is 0.463 e. The number of halogens is 1. The normalized spacial score (nSPS) is 10.7. The van der Waals surface area contributed by atoms with Gasteiger partial charge in [0.1, 0.15) is 0 Å². The van der Waals surface area contributed by atoms with E-state index in [1.165, 1.54) is 0 Å². The van der Waals surface area contributed by atoms with Crippen molar-refractivity contribution >= 4 is 34.4 Å². The molecule has 5 nitrogen and oxygen atoms in total. The molecule has 0 radical (unpaired) electrons. The van der Waals surface area contributed by atoms with Gasteiger partial charge in [-0.25, -0.2) is 4.79 Å². The van der Waals surface area contributed by atoms with Gasteiger partial charge in [-0.1, -0.05) is 17.7 Å². The first-order chi connectivity index (χ1) is 7.52. The van der Waals surface area contributed by atoms with E-state index in [2.05, 4.69) is 5.10 Å². The molecule has 6 heteroatoms. The molecule has 0 aliphatic rings. The van der Waals surface area contributed by atoms with Crippen molar-refractivity contribution in [3.8, 4) is 0 Å². The summed E-state index contributed by atoms with van der Waals surface area (Å²) in [6.07, 6.45) is -1.12. The van der Waals surface area contributed by atoms with E-state index in [-0.39, 0.29) is 0 Å². The molecule has 16 heavy (non-hydrogen) atoms. The molecule has 84 valence electrons. The number of fused-ring (bicyclic) bond motifs is 1. The van der Waals surface area contributed by atoms with E-state index in [0.717, 1.165) is 4.68 Å². The number of hydrogen-bond acceptors (Lipinski definition) is 3. The van der Waals surface area contributed by atoms with Gasteiger partial charge >= 0.3 is 6.09 Å². The molecule has 0 saturated carbocycles. The van der Waals surface area contributed by atoms with Crippen molar-refractivity contribution < 1.29 is 9.90 Å². The van der Waals surface area contributed by atoms with Gasteiger partial charge in [-0.05, 0) is 12.1 Å². The van der Waals surface area contributed by atoms with Crippen LogP contribution < -0.4 is 4.90 Å². The van der Waals surface area contributed by atoms with E-state index < -0.39 is 6.09 Å². The fraction of sp³-hybridized carbons (Fsp3) is 0.200. The first kappa shape index (κ1) is 10.8. The van der Waals surface area contributed by atoms with Gasteiger partial charge in [-0.2, -0.15) is 4.68 Å². The fourth-order valence-electron chi connectivity index (χ4n) is 1.57. The fourth-order valence-corrected chi connectivity index (χ4v) is 1.82. The molecule has 0 fully saturated rings. The predicted molar refractivity (Wildman–Crippen MR) is 62.5 cm³/mol. The van der Waals surface area contributed by atoms with Crippen molar-refractivity contribution in [1.29, 1.82) is 0 Å². The number of carbonyl (C=O) groups is 1. The van der Waals surface area contributed by atoms with Crippen molar-refractivity contribution in [2.45, 2.75) is 0 Å². The number of anilines is 1. The van der Waals surface area contributed by atoms with Gasteiger partial charge in [0.2, 0.25) is 0 Å². The summed E-state index contributed by atoms with van der Waals surface area (Å²) in [5.41, 5.74) is 0.490. The van der Waals surface area contributed by atoms with Crippen molar-refractivity contribution in [1.82, 2.24) is 9.78 Å². The van der Waals surface area contributed by atoms with Crippen molar-refractivity contribution in [2.75, 3.05) is 19.0 Å². The molecule has 2 rings (SSSR count). The zero-order valence-corrected chi connectivity index (χ0v) is 9.56. The van der Waals surface area contributed by atoms with Crippen LogP contribution in [0.2, 0.25) is 5.02 Å². The van der Waals surface area contributed by atoms with E-state index in [1.54, 1.807) is 37.2 Å². The molecule has 2 aromatic rings. The van der Waals surface area contributed by atoms with Gasteiger partial charge in [-0.3, -0.25) is 0 Å². The van der Waals surface area contributed by atoms with Gasteiger partial charge in [0.15, 0.2) is 5.82 Å².